The van der Waals surface area contributed by atoms with E-state index in [0.29, 0.717) is 31.8 Å². The van der Waals surface area contributed by atoms with Crippen molar-refractivity contribution in [1.82, 2.24) is 9.62 Å². The van der Waals surface area contributed by atoms with Gasteiger partial charge in [0.05, 0.1) is 11.4 Å². The first-order valence-electron chi connectivity index (χ1n) is 10.0. The van der Waals surface area contributed by atoms with Gasteiger partial charge in [-0.15, -0.1) is 0 Å². The van der Waals surface area contributed by atoms with Gasteiger partial charge in [-0.05, 0) is 57.3 Å². The highest BCUT2D eigenvalue weighted by Crippen LogP contribution is 2.29. The SMILES string of the molecule is CC1CCN(S(=O)(=O)C2CCC(NC(=O)/C=C/C3CCCO3)CC2)CC1. The summed E-state index contributed by atoms with van der Waals surface area (Å²) >= 11 is 0. The van der Waals surface area contributed by atoms with E-state index in [1.54, 1.807) is 10.4 Å². The molecule has 0 radical (unpaired) electrons. The lowest BCUT2D eigenvalue weighted by molar-refractivity contribution is -0.117. The molecule has 1 saturated carbocycles. The van der Waals surface area contributed by atoms with Crippen molar-refractivity contribution >= 4 is 15.9 Å². The first-order chi connectivity index (χ1) is 12.4. The number of nitrogens with one attached hydrogen (secondary N) is 1. The van der Waals surface area contributed by atoms with E-state index in [9.17, 15) is 13.2 Å². The van der Waals surface area contributed by atoms with Gasteiger partial charge in [-0.2, -0.15) is 0 Å². The van der Waals surface area contributed by atoms with Crippen molar-refractivity contribution in [3.63, 3.8) is 0 Å². The topological polar surface area (TPSA) is 75.7 Å². The molecule has 26 heavy (non-hydrogen) atoms. The number of ether oxygens (including phenoxy) is 1. The molecule has 0 spiro atoms. The van der Waals surface area contributed by atoms with E-state index in [0.717, 1.165) is 45.1 Å². The van der Waals surface area contributed by atoms with Gasteiger partial charge in [0.1, 0.15) is 0 Å². The molecule has 2 heterocycles. The van der Waals surface area contributed by atoms with Crippen LogP contribution in [0.1, 0.15) is 58.3 Å². The number of piperidine rings is 1. The van der Waals surface area contributed by atoms with Gasteiger partial charge in [0.25, 0.3) is 0 Å². The average Bonchev–Trinajstić information content (AvgIpc) is 3.14. The lowest BCUT2D eigenvalue weighted by atomic mass is 9.95. The van der Waals surface area contributed by atoms with Crippen LogP contribution in [0.4, 0.5) is 0 Å². The van der Waals surface area contributed by atoms with Gasteiger partial charge in [0.2, 0.25) is 15.9 Å². The van der Waals surface area contributed by atoms with E-state index >= 15 is 0 Å². The van der Waals surface area contributed by atoms with E-state index in [2.05, 4.69) is 12.2 Å². The minimum absolute atomic E-state index is 0.0638. The van der Waals surface area contributed by atoms with Crippen LogP contribution in [0.2, 0.25) is 0 Å². The average molecular weight is 385 g/mol. The van der Waals surface area contributed by atoms with Crippen LogP contribution in [0.15, 0.2) is 12.2 Å². The van der Waals surface area contributed by atoms with Gasteiger partial charge in [-0.25, -0.2) is 12.7 Å². The summed E-state index contributed by atoms with van der Waals surface area (Å²) in [7, 11) is -3.19. The molecule has 0 aromatic heterocycles. The highest BCUT2D eigenvalue weighted by molar-refractivity contribution is 7.89. The van der Waals surface area contributed by atoms with Crippen molar-refractivity contribution < 1.29 is 17.9 Å². The van der Waals surface area contributed by atoms with Crippen molar-refractivity contribution in [3.05, 3.63) is 12.2 Å². The molecule has 148 valence electrons. The number of carbonyl (C=O) groups is 1. The number of rotatable bonds is 5. The zero-order valence-electron chi connectivity index (χ0n) is 15.7. The lowest BCUT2D eigenvalue weighted by Crippen LogP contribution is -2.46. The van der Waals surface area contributed by atoms with Gasteiger partial charge >= 0.3 is 0 Å². The molecular formula is C19H32N2O4S. The summed E-state index contributed by atoms with van der Waals surface area (Å²) in [4.78, 5) is 12.0. The Morgan fingerprint density at radius 3 is 2.38 bits per heavy atom. The molecule has 3 rings (SSSR count). The molecule has 3 fully saturated rings. The van der Waals surface area contributed by atoms with Crippen LogP contribution in [-0.4, -0.2) is 55.7 Å². The Hall–Kier alpha value is -0.920. The molecule has 0 bridgehead atoms. The lowest BCUT2D eigenvalue weighted by Gasteiger charge is -2.35. The first kappa shape index (κ1) is 19.8. The normalized spacial score (nSPS) is 32.1. The van der Waals surface area contributed by atoms with Crippen LogP contribution >= 0.6 is 0 Å². The van der Waals surface area contributed by atoms with Crippen molar-refractivity contribution in [2.24, 2.45) is 5.92 Å². The van der Waals surface area contributed by atoms with Crippen molar-refractivity contribution in [2.45, 2.75) is 75.7 Å². The third kappa shape index (κ3) is 5.08. The number of hydrogen-bond acceptors (Lipinski definition) is 4. The van der Waals surface area contributed by atoms with Crippen LogP contribution in [-0.2, 0) is 19.6 Å². The number of hydrogen-bond donors (Lipinski definition) is 1. The van der Waals surface area contributed by atoms with Gasteiger partial charge in [0.15, 0.2) is 0 Å². The second kappa shape index (κ2) is 8.85. The van der Waals surface area contributed by atoms with Crippen molar-refractivity contribution in [1.29, 1.82) is 0 Å². The zero-order valence-corrected chi connectivity index (χ0v) is 16.5. The van der Waals surface area contributed by atoms with Crippen LogP contribution < -0.4 is 5.32 Å². The monoisotopic (exact) mass is 384 g/mol. The summed E-state index contributed by atoms with van der Waals surface area (Å²) in [5.41, 5.74) is 0. The maximum Gasteiger partial charge on any atom is 0.243 e. The highest BCUT2D eigenvalue weighted by atomic mass is 32.2. The molecule has 1 atom stereocenters. The predicted octanol–water partition coefficient (Wildman–Crippen LogP) is 2.21. The molecule has 0 aromatic rings. The Kier molecular flexibility index (Phi) is 6.75. The summed E-state index contributed by atoms with van der Waals surface area (Å²) in [5, 5.41) is 2.72. The van der Waals surface area contributed by atoms with Crippen LogP contribution in [0.25, 0.3) is 0 Å². The van der Waals surface area contributed by atoms with Gasteiger partial charge in [-0.3, -0.25) is 4.79 Å². The standard InChI is InChI=1S/C19H32N2O4S/c1-15-10-12-21(13-11-15)26(23,24)18-7-4-16(5-8-18)20-19(22)9-6-17-3-2-14-25-17/h6,9,15-18H,2-5,7-8,10-14H2,1H3,(H,20,22)/b9-6+. The number of carbonyl (C=O) groups excluding carboxylic acids is 1. The molecule has 3 aliphatic rings. The van der Waals surface area contributed by atoms with Crippen molar-refractivity contribution in [2.75, 3.05) is 19.7 Å². The first-order valence-corrected chi connectivity index (χ1v) is 11.5. The zero-order chi connectivity index (χ0) is 18.6. The summed E-state index contributed by atoms with van der Waals surface area (Å²) in [6.45, 7) is 4.28. The highest BCUT2D eigenvalue weighted by Gasteiger charge is 2.36. The Morgan fingerprint density at radius 1 is 1.08 bits per heavy atom. The molecule has 7 heteroatoms. The third-order valence-corrected chi connectivity index (χ3v) is 8.37. The summed E-state index contributed by atoms with van der Waals surface area (Å²) in [6.07, 6.45) is 10.1. The number of amides is 1. The summed E-state index contributed by atoms with van der Waals surface area (Å²) in [6, 6.07) is 0.0736. The fourth-order valence-electron chi connectivity index (χ4n) is 4.15. The van der Waals surface area contributed by atoms with Crippen LogP contribution in [0.5, 0.6) is 0 Å². The van der Waals surface area contributed by atoms with E-state index < -0.39 is 10.0 Å². The molecule has 1 N–H and O–H groups in total. The molecular weight excluding hydrogens is 352 g/mol. The fourth-order valence-corrected chi connectivity index (χ4v) is 6.16. The molecule has 0 aromatic carbocycles. The molecule has 2 aliphatic heterocycles. The molecule has 1 aliphatic carbocycles. The van der Waals surface area contributed by atoms with E-state index in [4.69, 9.17) is 4.74 Å². The molecule has 2 saturated heterocycles. The van der Waals surface area contributed by atoms with Crippen LogP contribution in [0.3, 0.4) is 0 Å². The third-order valence-electron chi connectivity index (χ3n) is 5.97. The molecule has 6 nitrogen and oxygen atoms in total. The predicted molar refractivity (Wildman–Crippen MR) is 101 cm³/mol. The Labute approximate surface area is 157 Å². The van der Waals surface area contributed by atoms with Gasteiger partial charge in [-0.1, -0.05) is 13.0 Å². The quantitative estimate of drug-likeness (QED) is 0.738. The van der Waals surface area contributed by atoms with E-state index in [1.165, 1.54) is 0 Å². The smallest absolute Gasteiger partial charge is 0.243 e. The van der Waals surface area contributed by atoms with Gasteiger partial charge < -0.3 is 10.1 Å². The van der Waals surface area contributed by atoms with E-state index in [-0.39, 0.29) is 23.3 Å². The Balaban J connectivity index is 1.44. The fraction of sp³-hybridized carbons (Fsp3) is 0.842. The Morgan fingerprint density at radius 2 is 1.77 bits per heavy atom. The molecule has 1 amide bonds. The number of nitrogens with zero attached hydrogens (tertiary/aromatic N) is 1. The molecule has 1 unspecified atom stereocenters. The second-order valence-electron chi connectivity index (χ2n) is 8.02. The van der Waals surface area contributed by atoms with Crippen molar-refractivity contribution in [3.8, 4) is 0 Å². The van der Waals surface area contributed by atoms with Gasteiger partial charge in [0, 0.05) is 31.8 Å². The maximum absolute atomic E-state index is 12.8. The number of sulfonamides is 1. The summed E-state index contributed by atoms with van der Waals surface area (Å²) < 4.78 is 32.8. The van der Waals surface area contributed by atoms with E-state index in [1.807, 2.05) is 6.08 Å². The Bertz CT molecular complexity index is 597. The maximum atomic E-state index is 12.8. The minimum Gasteiger partial charge on any atom is -0.374 e. The minimum atomic E-state index is -3.19. The largest absolute Gasteiger partial charge is 0.374 e. The van der Waals surface area contributed by atoms with Crippen LogP contribution in [0, 0.1) is 5.92 Å². The second-order valence-corrected chi connectivity index (χ2v) is 10.2. The summed E-state index contributed by atoms with van der Waals surface area (Å²) in [5.74, 6) is 0.520.